The molecule has 0 aliphatic heterocycles. The molecule has 0 radical (unpaired) electrons. The number of halogens is 3. The van der Waals surface area contributed by atoms with E-state index in [-0.39, 0.29) is 16.5 Å². The van der Waals surface area contributed by atoms with Crippen molar-refractivity contribution < 1.29 is 8.78 Å². The maximum absolute atomic E-state index is 14.1. The molecule has 0 fully saturated rings. The molecule has 112 valence electrons. The summed E-state index contributed by atoms with van der Waals surface area (Å²) in [5, 5.41) is 0. The maximum Gasteiger partial charge on any atom is 0.143 e. The Bertz CT molecular complexity index is 634. The monoisotopic (exact) mass is 355 g/mol. The van der Waals surface area contributed by atoms with Crippen LogP contribution < -0.4 is 11.3 Å². The summed E-state index contributed by atoms with van der Waals surface area (Å²) in [5.41, 5.74) is 4.30. The molecule has 6 heteroatoms. The van der Waals surface area contributed by atoms with Crippen LogP contribution in [0.25, 0.3) is 0 Å². The quantitative estimate of drug-likeness (QED) is 0.490. The molecule has 1 atom stereocenters. The fraction of sp³-hybridized carbons (Fsp3) is 0.267. The molecule has 0 spiro atoms. The number of aryl methyl sites for hydroxylation is 1. The SMILES string of the molecule is CCc1cccnc1C(Cc1c(F)ccc(Br)c1F)NN. The van der Waals surface area contributed by atoms with Gasteiger partial charge in [0.05, 0.1) is 16.2 Å². The Balaban J connectivity index is 2.38. The first-order valence-electron chi connectivity index (χ1n) is 6.60. The van der Waals surface area contributed by atoms with Crippen LogP contribution in [0.5, 0.6) is 0 Å². The number of benzene rings is 1. The second-order valence-electron chi connectivity index (χ2n) is 4.65. The van der Waals surface area contributed by atoms with E-state index in [0.717, 1.165) is 12.0 Å². The predicted octanol–water partition coefficient (Wildman–Crippen LogP) is 3.43. The minimum Gasteiger partial charge on any atom is -0.271 e. The Morgan fingerprint density at radius 2 is 2.10 bits per heavy atom. The number of hydrogen-bond acceptors (Lipinski definition) is 3. The molecule has 2 aromatic rings. The van der Waals surface area contributed by atoms with Gasteiger partial charge in [0.15, 0.2) is 0 Å². The van der Waals surface area contributed by atoms with Crippen molar-refractivity contribution in [3.05, 3.63) is 63.4 Å². The first-order chi connectivity index (χ1) is 10.1. The normalized spacial score (nSPS) is 12.4. The van der Waals surface area contributed by atoms with Crippen molar-refractivity contribution in [1.29, 1.82) is 0 Å². The van der Waals surface area contributed by atoms with E-state index < -0.39 is 17.7 Å². The minimum atomic E-state index is -0.607. The van der Waals surface area contributed by atoms with Gasteiger partial charge in [-0.3, -0.25) is 16.3 Å². The Morgan fingerprint density at radius 1 is 1.33 bits per heavy atom. The summed E-state index contributed by atoms with van der Waals surface area (Å²) in [4.78, 5) is 4.30. The molecule has 0 amide bonds. The molecule has 0 aliphatic rings. The largest absolute Gasteiger partial charge is 0.271 e. The van der Waals surface area contributed by atoms with Gasteiger partial charge in [0, 0.05) is 18.2 Å². The number of pyridine rings is 1. The summed E-state index contributed by atoms with van der Waals surface area (Å²) in [6.07, 6.45) is 2.49. The third-order valence-electron chi connectivity index (χ3n) is 3.39. The third-order valence-corrected chi connectivity index (χ3v) is 4.00. The molecule has 1 aromatic heterocycles. The minimum absolute atomic E-state index is 0.0139. The fourth-order valence-corrected chi connectivity index (χ4v) is 2.63. The highest BCUT2D eigenvalue weighted by molar-refractivity contribution is 9.10. The van der Waals surface area contributed by atoms with Gasteiger partial charge in [-0.15, -0.1) is 0 Å². The number of nitrogens with one attached hydrogen (secondary N) is 1. The second-order valence-corrected chi connectivity index (χ2v) is 5.50. The molecule has 0 bridgehead atoms. The number of hydrogen-bond donors (Lipinski definition) is 2. The molecular weight excluding hydrogens is 340 g/mol. The van der Waals surface area contributed by atoms with E-state index >= 15 is 0 Å². The lowest BCUT2D eigenvalue weighted by atomic mass is 9.98. The van der Waals surface area contributed by atoms with Gasteiger partial charge in [0.2, 0.25) is 0 Å². The van der Waals surface area contributed by atoms with Gasteiger partial charge in [-0.05, 0) is 46.1 Å². The van der Waals surface area contributed by atoms with Gasteiger partial charge in [0.1, 0.15) is 11.6 Å². The highest BCUT2D eigenvalue weighted by atomic mass is 79.9. The zero-order valence-electron chi connectivity index (χ0n) is 11.5. The molecule has 0 aliphatic carbocycles. The first kappa shape index (κ1) is 16.0. The summed E-state index contributed by atoms with van der Waals surface area (Å²) in [5.74, 6) is 4.37. The van der Waals surface area contributed by atoms with E-state index in [2.05, 4.69) is 26.3 Å². The van der Waals surface area contributed by atoms with E-state index in [4.69, 9.17) is 5.84 Å². The van der Waals surface area contributed by atoms with Crippen LogP contribution >= 0.6 is 15.9 Å². The number of nitrogens with zero attached hydrogens (tertiary/aromatic N) is 1. The first-order valence-corrected chi connectivity index (χ1v) is 7.40. The molecule has 0 saturated carbocycles. The van der Waals surface area contributed by atoms with E-state index in [9.17, 15) is 8.78 Å². The van der Waals surface area contributed by atoms with Crippen LogP contribution in [0.15, 0.2) is 34.9 Å². The molecule has 3 nitrogen and oxygen atoms in total. The van der Waals surface area contributed by atoms with Gasteiger partial charge >= 0.3 is 0 Å². The van der Waals surface area contributed by atoms with Crippen LogP contribution in [0.3, 0.4) is 0 Å². The predicted molar refractivity (Wildman–Crippen MR) is 81.4 cm³/mol. The van der Waals surface area contributed by atoms with Crippen LogP contribution in [-0.4, -0.2) is 4.98 Å². The van der Waals surface area contributed by atoms with Crippen LogP contribution in [0.1, 0.15) is 29.8 Å². The van der Waals surface area contributed by atoms with Gasteiger partial charge in [0.25, 0.3) is 0 Å². The van der Waals surface area contributed by atoms with Crippen molar-refractivity contribution in [3.63, 3.8) is 0 Å². The van der Waals surface area contributed by atoms with Gasteiger partial charge in [-0.1, -0.05) is 13.0 Å². The van der Waals surface area contributed by atoms with Crippen molar-refractivity contribution in [2.24, 2.45) is 5.84 Å². The Labute approximate surface area is 130 Å². The topological polar surface area (TPSA) is 50.9 Å². The second kappa shape index (κ2) is 7.06. The van der Waals surface area contributed by atoms with Crippen LogP contribution in [0.2, 0.25) is 0 Å². The highest BCUT2D eigenvalue weighted by Gasteiger charge is 2.20. The lowest BCUT2D eigenvalue weighted by Gasteiger charge is -2.19. The average molecular weight is 356 g/mol. The van der Waals surface area contributed by atoms with Crippen molar-refractivity contribution in [2.45, 2.75) is 25.8 Å². The Kier molecular flexibility index (Phi) is 5.39. The average Bonchev–Trinajstić information content (AvgIpc) is 2.51. The Hall–Kier alpha value is -1.37. The lowest BCUT2D eigenvalue weighted by Crippen LogP contribution is -2.31. The zero-order chi connectivity index (χ0) is 15.4. The molecule has 3 N–H and O–H groups in total. The molecule has 1 aromatic carbocycles. The summed E-state index contributed by atoms with van der Waals surface area (Å²) in [7, 11) is 0. The van der Waals surface area contributed by atoms with Gasteiger partial charge in [-0.25, -0.2) is 8.78 Å². The Morgan fingerprint density at radius 3 is 2.76 bits per heavy atom. The van der Waals surface area contributed by atoms with Gasteiger partial charge in [-0.2, -0.15) is 0 Å². The molecule has 21 heavy (non-hydrogen) atoms. The molecule has 1 unspecified atom stereocenters. The van der Waals surface area contributed by atoms with E-state index in [1.54, 1.807) is 6.20 Å². The molecular formula is C15H16BrF2N3. The van der Waals surface area contributed by atoms with Crippen molar-refractivity contribution in [2.75, 3.05) is 0 Å². The van der Waals surface area contributed by atoms with Crippen LogP contribution in [0, 0.1) is 11.6 Å². The maximum atomic E-state index is 14.1. The van der Waals surface area contributed by atoms with E-state index in [0.29, 0.717) is 5.69 Å². The van der Waals surface area contributed by atoms with E-state index in [1.807, 2.05) is 19.1 Å². The van der Waals surface area contributed by atoms with Gasteiger partial charge < -0.3 is 0 Å². The summed E-state index contributed by atoms with van der Waals surface area (Å²) in [6.45, 7) is 1.99. The van der Waals surface area contributed by atoms with Crippen LogP contribution in [-0.2, 0) is 12.8 Å². The summed E-state index contributed by atoms with van der Waals surface area (Å²) < 4.78 is 28.2. The number of aromatic nitrogens is 1. The molecule has 0 saturated heterocycles. The number of hydrazine groups is 1. The molecule has 1 heterocycles. The van der Waals surface area contributed by atoms with Crippen molar-refractivity contribution >= 4 is 15.9 Å². The third kappa shape index (κ3) is 3.45. The van der Waals surface area contributed by atoms with E-state index in [1.165, 1.54) is 12.1 Å². The fourth-order valence-electron chi connectivity index (χ4n) is 2.26. The summed E-state index contributed by atoms with van der Waals surface area (Å²) >= 11 is 3.07. The smallest absolute Gasteiger partial charge is 0.143 e. The summed E-state index contributed by atoms with van der Waals surface area (Å²) in [6, 6.07) is 5.88. The van der Waals surface area contributed by atoms with Crippen molar-refractivity contribution in [3.8, 4) is 0 Å². The number of nitrogens with two attached hydrogens (primary N) is 1. The van der Waals surface area contributed by atoms with Crippen LogP contribution in [0.4, 0.5) is 8.78 Å². The molecule has 2 rings (SSSR count). The zero-order valence-corrected chi connectivity index (χ0v) is 13.1. The number of rotatable bonds is 5. The lowest BCUT2D eigenvalue weighted by molar-refractivity contribution is 0.488. The highest BCUT2D eigenvalue weighted by Crippen LogP contribution is 2.27. The van der Waals surface area contributed by atoms with Crippen molar-refractivity contribution in [1.82, 2.24) is 10.4 Å². The standard InChI is InChI=1S/C15H16BrF2N3/c1-2-9-4-3-7-20-15(9)13(21-19)8-10-12(17)6-5-11(16)14(10)18/h3-7,13,21H,2,8,19H2,1H3.